The Labute approximate surface area is 219 Å². The van der Waals surface area contributed by atoms with Crippen LogP contribution in [0.15, 0.2) is 11.6 Å². The van der Waals surface area contributed by atoms with E-state index >= 15 is 0 Å². The zero-order chi connectivity index (χ0) is 27.3. The highest BCUT2D eigenvalue weighted by molar-refractivity contribution is 5.99. The summed E-state index contributed by atoms with van der Waals surface area (Å²) in [5.41, 5.74) is 2.51. The molecule has 1 aromatic carbocycles. The van der Waals surface area contributed by atoms with Crippen molar-refractivity contribution in [1.29, 1.82) is 0 Å². The summed E-state index contributed by atoms with van der Waals surface area (Å²) in [6, 6.07) is 0. The molecule has 2 aliphatic heterocycles. The largest absolute Gasteiger partial charge is 0.496 e. The number of allylic oxidation sites excluding steroid dienone is 2. The molecule has 0 amide bonds. The predicted molar refractivity (Wildman–Crippen MR) is 137 cm³/mol. The molecule has 1 unspecified atom stereocenters. The van der Waals surface area contributed by atoms with Gasteiger partial charge in [-0.1, -0.05) is 11.6 Å². The van der Waals surface area contributed by atoms with E-state index in [1.165, 1.54) is 0 Å². The lowest BCUT2D eigenvalue weighted by atomic mass is 9.93. The van der Waals surface area contributed by atoms with E-state index in [-0.39, 0.29) is 36.5 Å². The zero-order valence-electron chi connectivity index (χ0n) is 23.0. The van der Waals surface area contributed by atoms with Crippen LogP contribution in [0.2, 0.25) is 0 Å². The summed E-state index contributed by atoms with van der Waals surface area (Å²) >= 11 is 0. The number of hydrogen-bond acceptors (Lipinski definition) is 9. The van der Waals surface area contributed by atoms with Crippen molar-refractivity contribution >= 4 is 17.9 Å². The van der Waals surface area contributed by atoms with Gasteiger partial charge in [0, 0.05) is 30.6 Å². The van der Waals surface area contributed by atoms with E-state index in [1.54, 1.807) is 27.9 Å². The molecule has 0 bridgehead atoms. The van der Waals surface area contributed by atoms with Crippen LogP contribution in [-0.2, 0) is 36.8 Å². The van der Waals surface area contributed by atoms with Gasteiger partial charge in [0.1, 0.15) is 17.9 Å². The van der Waals surface area contributed by atoms with E-state index in [0.717, 1.165) is 24.2 Å². The number of morpholine rings is 1. The first-order valence-corrected chi connectivity index (χ1v) is 12.7. The number of methoxy groups -OCH3 is 1. The third-order valence-corrected chi connectivity index (χ3v) is 6.67. The fourth-order valence-electron chi connectivity index (χ4n) is 4.31. The van der Waals surface area contributed by atoms with Crippen LogP contribution >= 0.6 is 0 Å². The number of ether oxygens (including phenoxy) is 5. The summed E-state index contributed by atoms with van der Waals surface area (Å²) < 4.78 is 27.7. The molecule has 1 saturated heterocycles. The quantitative estimate of drug-likeness (QED) is 0.272. The Morgan fingerprint density at radius 1 is 1.14 bits per heavy atom. The van der Waals surface area contributed by atoms with Crippen molar-refractivity contribution in [2.75, 3.05) is 33.4 Å². The Kier molecular flexibility index (Phi) is 9.36. The van der Waals surface area contributed by atoms with Crippen LogP contribution in [0, 0.1) is 12.3 Å². The second-order valence-electron chi connectivity index (χ2n) is 10.5. The first-order valence-electron chi connectivity index (χ1n) is 12.7. The summed E-state index contributed by atoms with van der Waals surface area (Å²) in [7, 11) is 1.55. The molecule has 0 spiro atoms. The molecule has 0 N–H and O–H groups in total. The molecule has 3 rings (SSSR count). The van der Waals surface area contributed by atoms with Crippen LogP contribution in [0.1, 0.15) is 74.5 Å². The summed E-state index contributed by atoms with van der Waals surface area (Å²) in [5, 5.41) is 0. The number of esters is 3. The van der Waals surface area contributed by atoms with E-state index in [4.69, 9.17) is 23.7 Å². The van der Waals surface area contributed by atoms with Crippen molar-refractivity contribution in [1.82, 2.24) is 4.90 Å². The van der Waals surface area contributed by atoms with Crippen LogP contribution in [0.4, 0.5) is 0 Å². The normalized spacial score (nSPS) is 17.2. The SMILES string of the molecule is COc1c(C)c2c(c(OC(=O)C(C)(C)C)c1C/C=C(\C)CCC(=O)OC(C)N1CCOCC1)C(=O)OC2. The maximum atomic E-state index is 12.8. The third-order valence-electron chi connectivity index (χ3n) is 6.67. The van der Waals surface area contributed by atoms with Gasteiger partial charge in [0.15, 0.2) is 12.0 Å². The van der Waals surface area contributed by atoms with Gasteiger partial charge in [-0.15, -0.1) is 0 Å². The highest BCUT2D eigenvalue weighted by Crippen LogP contribution is 2.43. The number of carbonyl (C=O) groups is 3. The Morgan fingerprint density at radius 2 is 1.81 bits per heavy atom. The fraction of sp³-hybridized carbons (Fsp3) is 0.607. The van der Waals surface area contributed by atoms with E-state index in [0.29, 0.717) is 42.9 Å². The molecular formula is C28H39NO8. The smallest absolute Gasteiger partial charge is 0.342 e. The lowest BCUT2D eigenvalue weighted by molar-refractivity contribution is -0.161. The van der Waals surface area contributed by atoms with E-state index in [2.05, 4.69) is 4.90 Å². The number of cyclic esters (lactones) is 1. The Hall–Kier alpha value is -2.91. The van der Waals surface area contributed by atoms with Crippen molar-refractivity contribution in [3.63, 3.8) is 0 Å². The molecule has 1 aromatic rings. The fourth-order valence-corrected chi connectivity index (χ4v) is 4.31. The maximum Gasteiger partial charge on any atom is 0.342 e. The van der Waals surface area contributed by atoms with Crippen LogP contribution in [-0.4, -0.2) is 62.4 Å². The molecule has 2 aliphatic rings. The van der Waals surface area contributed by atoms with Crippen LogP contribution in [0.5, 0.6) is 11.5 Å². The van der Waals surface area contributed by atoms with Crippen LogP contribution < -0.4 is 9.47 Å². The predicted octanol–water partition coefficient (Wildman–Crippen LogP) is 4.12. The molecule has 9 heteroatoms. The van der Waals surface area contributed by atoms with E-state index in [1.807, 2.05) is 26.8 Å². The topological polar surface area (TPSA) is 101 Å². The van der Waals surface area contributed by atoms with Crippen LogP contribution in [0.25, 0.3) is 0 Å². The summed E-state index contributed by atoms with van der Waals surface area (Å²) in [4.78, 5) is 39.9. The molecule has 9 nitrogen and oxygen atoms in total. The number of hydrogen-bond donors (Lipinski definition) is 0. The number of nitrogens with zero attached hydrogens (tertiary/aromatic N) is 1. The molecule has 1 atom stereocenters. The van der Waals surface area contributed by atoms with Gasteiger partial charge in [0.25, 0.3) is 0 Å². The third kappa shape index (κ3) is 6.90. The minimum atomic E-state index is -0.769. The number of rotatable bonds is 9. The standard InChI is InChI=1S/C28H39NO8/c1-17(9-11-22(30)36-19(3)29-12-14-34-15-13-29)8-10-20-24(33-7)18(2)21-16-35-26(31)23(21)25(20)37-27(32)28(4,5)6/h8,19H,9-16H2,1-7H3/b17-8+. The summed E-state index contributed by atoms with van der Waals surface area (Å²) in [6.07, 6.45) is 2.77. The van der Waals surface area contributed by atoms with Gasteiger partial charge in [-0.2, -0.15) is 0 Å². The van der Waals surface area contributed by atoms with Crippen molar-refractivity contribution in [2.24, 2.45) is 5.41 Å². The monoisotopic (exact) mass is 517 g/mol. The first kappa shape index (κ1) is 28.7. The van der Waals surface area contributed by atoms with Gasteiger partial charge in [-0.25, -0.2) is 4.79 Å². The van der Waals surface area contributed by atoms with Gasteiger partial charge in [0.2, 0.25) is 0 Å². The summed E-state index contributed by atoms with van der Waals surface area (Å²) in [6.45, 7) is 13.8. The minimum absolute atomic E-state index is 0.108. The summed E-state index contributed by atoms with van der Waals surface area (Å²) in [5.74, 6) is -0.504. The highest BCUT2D eigenvalue weighted by atomic mass is 16.6. The highest BCUT2D eigenvalue weighted by Gasteiger charge is 2.35. The molecule has 204 valence electrons. The number of fused-ring (bicyclic) bond motifs is 1. The Morgan fingerprint density at radius 3 is 2.43 bits per heavy atom. The Bertz CT molecular complexity index is 1060. The minimum Gasteiger partial charge on any atom is -0.496 e. The number of carbonyl (C=O) groups excluding carboxylic acids is 3. The van der Waals surface area contributed by atoms with Crippen molar-refractivity contribution in [2.45, 2.75) is 73.6 Å². The van der Waals surface area contributed by atoms with Gasteiger partial charge >= 0.3 is 17.9 Å². The van der Waals surface area contributed by atoms with Gasteiger partial charge in [-0.3, -0.25) is 14.5 Å². The lowest BCUT2D eigenvalue weighted by Gasteiger charge is -2.31. The second-order valence-corrected chi connectivity index (χ2v) is 10.5. The zero-order valence-corrected chi connectivity index (χ0v) is 23.0. The average molecular weight is 518 g/mol. The molecule has 37 heavy (non-hydrogen) atoms. The van der Waals surface area contributed by atoms with Gasteiger partial charge < -0.3 is 23.7 Å². The van der Waals surface area contributed by atoms with Gasteiger partial charge in [0.05, 0.1) is 25.7 Å². The molecule has 0 saturated carbocycles. The molecular weight excluding hydrogens is 478 g/mol. The second kappa shape index (κ2) is 12.1. The lowest BCUT2D eigenvalue weighted by Crippen LogP contribution is -2.44. The van der Waals surface area contributed by atoms with Gasteiger partial charge in [-0.05, 0) is 59.9 Å². The maximum absolute atomic E-state index is 12.8. The molecule has 2 heterocycles. The molecule has 0 aromatic heterocycles. The van der Waals surface area contributed by atoms with Crippen molar-refractivity contribution in [3.8, 4) is 11.5 Å². The molecule has 0 aliphatic carbocycles. The van der Waals surface area contributed by atoms with Crippen molar-refractivity contribution in [3.05, 3.63) is 33.9 Å². The van der Waals surface area contributed by atoms with Crippen LogP contribution in [0.3, 0.4) is 0 Å². The van der Waals surface area contributed by atoms with E-state index < -0.39 is 17.4 Å². The molecule has 0 radical (unpaired) electrons. The Balaban J connectivity index is 1.77. The average Bonchev–Trinajstić information content (AvgIpc) is 3.24. The van der Waals surface area contributed by atoms with E-state index in [9.17, 15) is 14.4 Å². The first-order chi connectivity index (χ1) is 17.4. The number of benzene rings is 1. The van der Waals surface area contributed by atoms with Crippen molar-refractivity contribution < 1.29 is 38.1 Å². The molecule has 1 fully saturated rings.